The zero-order chi connectivity index (χ0) is 25.6. The van der Waals surface area contributed by atoms with E-state index in [1.54, 1.807) is 0 Å². The SMILES string of the molecule is CN1CCN(CCCNc2ccc(C(=O)Nc3ccc(Nc4ccccc4)c4c3C(=O)CC4)cc2)CC1. The van der Waals surface area contributed by atoms with Crippen molar-refractivity contribution in [2.24, 2.45) is 0 Å². The number of hydrogen-bond donors (Lipinski definition) is 3. The van der Waals surface area contributed by atoms with Gasteiger partial charge in [0.2, 0.25) is 0 Å². The number of anilines is 4. The molecule has 5 rings (SSSR count). The van der Waals surface area contributed by atoms with Crippen LogP contribution in [0.25, 0.3) is 0 Å². The summed E-state index contributed by atoms with van der Waals surface area (Å²) in [5.41, 5.74) is 5.60. The van der Waals surface area contributed by atoms with Crippen LogP contribution < -0.4 is 16.0 Å². The number of hydrogen-bond acceptors (Lipinski definition) is 6. The lowest BCUT2D eigenvalue weighted by molar-refractivity contribution is 0.0995. The summed E-state index contributed by atoms with van der Waals surface area (Å²) in [4.78, 5) is 30.6. The van der Waals surface area contributed by atoms with Gasteiger partial charge in [0.25, 0.3) is 5.91 Å². The molecule has 0 atom stereocenters. The second-order valence-corrected chi connectivity index (χ2v) is 9.89. The number of nitrogens with one attached hydrogen (secondary N) is 3. The maximum Gasteiger partial charge on any atom is 0.255 e. The number of fused-ring (bicyclic) bond motifs is 1. The van der Waals surface area contributed by atoms with Crippen molar-refractivity contribution in [3.05, 3.63) is 83.4 Å². The van der Waals surface area contributed by atoms with Gasteiger partial charge < -0.3 is 25.8 Å². The van der Waals surface area contributed by atoms with Crippen LogP contribution in [-0.2, 0) is 6.42 Å². The fraction of sp³-hybridized carbons (Fsp3) is 0.333. The van der Waals surface area contributed by atoms with Gasteiger partial charge in [0.05, 0.1) is 5.69 Å². The highest BCUT2D eigenvalue weighted by atomic mass is 16.2. The van der Waals surface area contributed by atoms with E-state index in [0.29, 0.717) is 29.7 Å². The molecule has 1 fully saturated rings. The number of likely N-dealkylation sites (N-methyl/N-ethyl adjacent to an activating group) is 1. The Hall–Kier alpha value is -3.68. The van der Waals surface area contributed by atoms with Crippen molar-refractivity contribution in [2.75, 3.05) is 62.3 Å². The lowest BCUT2D eigenvalue weighted by atomic mass is 10.0. The number of benzene rings is 3. The Morgan fingerprint density at radius 3 is 2.32 bits per heavy atom. The van der Waals surface area contributed by atoms with Crippen molar-refractivity contribution in [3.8, 4) is 0 Å². The van der Waals surface area contributed by atoms with Crippen LogP contribution in [0.4, 0.5) is 22.7 Å². The Morgan fingerprint density at radius 1 is 0.838 bits per heavy atom. The van der Waals surface area contributed by atoms with Crippen LogP contribution in [0, 0.1) is 0 Å². The molecule has 3 aromatic carbocycles. The molecule has 1 aliphatic heterocycles. The lowest BCUT2D eigenvalue weighted by Crippen LogP contribution is -2.44. The average Bonchev–Trinajstić information content (AvgIpc) is 3.32. The highest BCUT2D eigenvalue weighted by Crippen LogP contribution is 2.36. The molecule has 7 nitrogen and oxygen atoms in total. The Balaban J connectivity index is 1.17. The molecule has 0 unspecified atom stereocenters. The van der Waals surface area contributed by atoms with E-state index in [9.17, 15) is 9.59 Å². The summed E-state index contributed by atoms with van der Waals surface area (Å²) < 4.78 is 0. The van der Waals surface area contributed by atoms with Crippen LogP contribution in [0.3, 0.4) is 0 Å². The van der Waals surface area contributed by atoms with Crippen LogP contribution in [-0.4, -0.2) is 67.8 Å². The van der Waals surface area contributed by atoms with Crippen molar-refractivity contribution in [3.63, 3.8) is 0 Å². The fourth-order valence-electron chi connectivity index (χ4n) is 5.03. The van der Waals surface area contributed by atoms with Gasteiger partial charge in [-0.05, 0) is 80.5 Å². The van der Waals surface area contributed by atoms with Gasteiger partial charge in [-0.2, -0.15) is 0 Å². The number of carbonyl (C=O) groups excluding carboxylic acids is 2. The normalized spacial score (nSPS) is 15.9. The van der Waals surface area contributed by atoms with Crippen molar-refractivity contribution >= 4 is 34.4 Å². The van der Waals surface area contributed by atoms with Crippen LogP contribution >= 0.6 is 0 Å². The highest BCUT2D eigenvalue weighted by Gasteiger charge is 2.27. The first-order valence-electron chi connectivity index (χ1n) is 13.1. The molecule has 0 saturated carbocycles. The maximum absolute atomic E-state index is 13.0. The average molecular weight is 498 g/mol. The number of amides is 1. The molecule has 192 valence electrons. The predicted octanol–water partition coefficient (Wildman–Crippen LogP) is 4.86. The number of para-hydroxylation sites is 1. The van der Waals surface area contributed by atoms with Gasteiger partial charge in [-0.1, -0.05) is 18.2 Å². The van der Waals surface area contributed by atoms with Gasteiger partial charge in [0, 0.05) is 67.3 Å². The Morgan fingerprint density at radius 2 is 1.57 bits per heavy atom. The number of carbonyl (C=O) groups is 2. The Bertz CT molecular complexity index is 1230. The van der Waals surface area contributed by atoms with Crippen LogP contribution in [0.15, 0.2) is 66.7 Å². The largest absolute Gasteiger partial charge is 0.385 e. The van der Waals surface area contributed by atoms with E-state index in [4.69, 9.17) is 0 Å². The van der Waals surface area contributed by atoms with E-state index in [1.807, 2.05) is 66.7 Å². The lowest BCUT2D eigenvalue weighted by Gasteiger charge is -2.32. The number of rotatable bonds is 9. The third-order valence-corrected chi connectivity index (χ3v) is 7.22. The van der Waals surface area contributed by atoms with E-state index in [1.165, 1.54) is 0 Å². The predicted molar refractivity (Wildman–Crippen MR) is 150 cm³/mol. The zero-order valence-corrected chi connectivity index (χ0v) is 21.4. The minimum absolute atomic E-state index is 0.0677. The Labute approximate surface area is 218 Å². The topological polar surface area (TPSA) is 76.7 Å². The number of nitrogens with zero attached hydrogens (tertiary/aromatic N) is 2. The minimum atomic E-state index is -0.215. The first-order chi connectivity index (χ1) is 18.1. The van der Waals surface area contributed by atoms with Crippen LogP contribution in [0.5, 0.6) is 0 Å². The second-order valence-electron chi connectivity index (χ2n) is 9.89. The second kappa shape index (κ2) is 11.6. The first kappa shape index (κ1) is 25.0. The van der Waals surface area contributed by atoms with Crippen LogP contribution in [0.1, 0.15) is 39.1 Å². The van der Waals surface area contributed by atoms with Crippen LogP contribution in [0.2, 0.25) is 0 Å². The van der Waals surface area contributed by atoms with Gasteiger partial charge in [0.1, 0.15) is 0 Å². The molecule has 37 heavy (non-hydrogen) atoms. The third-order valence-electron chi connectivity index (χ3n) is 7.22. The van der Waals surface area contributed by atoms with Gasteiger partial charge in [0.15, 0.2) is 5.78 Å². The van der Waals surface area contributed by atoms with E-state index in [-0.39, 0.29) is 11.7 Å². The summed E-state index contributed by atoms with van der Waals surface area (Å²) in [5.74, 6) is -0.148. The standard InChI is InChI=1S/C30H35N5O2/c1-34-18-20-35(21-19-34)17-5-16-31-23-10-8-22(9-11-23)30(37)33-27-14-13-26(25-12-15-28(36)29(25)27)32-24-6-3-2-4-7-24/h2-4,6-11,13-14,31-32H,5,12,15-21H2,1H3,(H,33,37). The van der Waals surface area contributed by atoms with Gasteiger partial charge in [-0.25, -0.2) is 0 Å². The van der Waals surface area contributed by atoms with Gasteiger partial charge >= 0.3 is 0 Å². The Kier molecular flexibility index (Phi) is 7.82. The molecule has 7 heteroatoms. The molecule has 0 radical (unpaired) electrons. The smallest absolute Gasteiger partial charge is 0.255 e. The van der Waals surface area contributed by atoms with E-state index in [2.05, 4.69) is 32.8 Å². The van der Waals surface area contributed by atoms with Crippen molar-refractivity contribution < 1.29 is 9.59 Å². The summed E-state index contributed by atoms with van der Waals surface area (Å²) in [7, 11) is 2.18. The summed E-state index contributed by atoms with van der Waals surface area (Å²) in [6.07, 6.45) is 2.21. The van der Waals surface area contributed by atoms with Gasteiger partial charge in [-0.15, -0.1) is 0 Å². The quantitative estimate of drug-likeness (QED) is 0.367. The molecule has 0 aromatic heterocycles. The first-order valence-corrected chi connectivity index (χ1v) is 13.1. The van der Waals surface area contributed by atoms with Crippen molar-refractivity contribution in [2.45, 2.75) is 19.3 Å². The van der Waals surface area contributed by atoms with E-state index >= 15 is 0 Å². The maximum atomic E-state index is 13.0. The summed E-state index contributed by atoms with van der Waals surface area (Å²) >= 11 is 0. The molecular weight excluding hydrogens is 462 g/mol. The van der Waals surface area contributed by atoms with Gasteiger partial charge in [-0.3, -0.25) is 9.59 Å². The number of Topliss-reactive ketones (excluding diaryl/α,β-unsaturated/α-hetero) is 1. The number of piperazine rings is 1. The summed E-state index contributed by atoms with van der Waals surface area (Å²) in [5, 5.41) is 9.84. The summed E-state index contributed by atoms with van der Waals surface area (Å²) in [6, 6.07) is 21.2. The monoisotopic (exact) mass is 497 g/mol. The molecular formula is C30H35N5O2. The highest BCUT2D eigenvalue weighted by molar-refractivity contribution is 6.12. The number of ketones is 1. The zero-order valence-electron chi connectivity index (χ0n) is 21.4. The molecule has 1 amide bonds. The summed E-state index contributed by atoms with van der Waals surface area (Å²) in [6.45, 7) is 6.56. The molecule has 2 aliphatic rings. The molecule has 3 aromatic rings. The third kappa shape index (κ3) is 6.18. The fourth-order valence-corrected chi connectivity index (χ4v) is 5.03. The minimum Gasteiger partial charge on any atom is -0.385 e. The molecule has 1 heterocycles. The molecule has 0 spiro atoms. The van der Waals surface area contributed by atoms with Crippen molar-refractivity contribution in [1.29, 1.82) is 0 Å². The van der Waals surface area contributed by atoms with E-state index in [0.717, 1.165) is 68.3 Å². The van der Waals surface area contributed by atoms with Crippen molar-refractivity contribution in [1.82, 2.24) is 9.80 Å². The molecule has 1 saturated heterocycles. The molecule has 3 N–H and O–H groups in total. The van der Waals surface area contributed by atoms with E-state index < -0.39 is 0 Å². The molecule has 1 aliphatic carbocycles. The molecule has 0 bridgehead atoms.